The first kappa shape index (κ1) is 13.7. The summed E-state index contributed by atoms with van der Waals surface area (Å²) < 4.78 is 0. The quantitative estimate of drug-likeness (QED) is 0.698. The zero-order valence-corrected chi connectivity index (χ0v) is 11.4. The van der Waals surface area contributed by atoms with E-state index >= 15 is 0 Å². The molecular weight excluding hydrogens is 240 g/mol. The number of carbonyl (C=O) groups excluding carboxylic acids is 1. The van der Waals surface area contributed by atoms with E-state index in [2.05, 4.69) is 17.1 Å². The van der Waals surface area contributed by atoms with Crippen molar-refractivity contribution in [2.24, 2.45) is 5.73 Å². The zero-order valence-electron chi connectivity index (χ0n) is 11.4. The Morgan fingerprint density at radius 3 is 2.74 bits per heavy atom. The van der Waals surface area contributed by atoms with Crippen LogP contribution < -0.4 is 16.8 Å². The molecule has 5 nitrogen and oxygen atoms in total. The van der Waals surface area contributed by atoms with E-state index in [9.17, 15) is 4.79 Å². The number of carbonyl (C=O) groups is 1. The maximum atomic E-state index is 11.4. The third-order valence-corrected chi connectivity index (χ3v) is 3.66. The third-order valence-electron chi connectivity index (χ3n) is 3.66. The van der Waals surface area contributed by atoms with Crippen LogP contribution in [-0.4, -0.2) is 36.5 Å². The number of amides is 1. The number of hydrogen-bond acceptors (Lipinski definition) is 4. The molecule has 104 valence electrons. The van der Waals surface area contributed by atoms with Gasteiger partial charge in [-0.05, 0) is 51.1 Å². The standard InChI is InChI=1S/C14H22N4O/c1-10(18-6-2-3-7-18)9-17-13-5-4-11(15)8-12(13)14(16)19/h4-5,8,10,17H,2-3,6-7,9,15H2,1H3,(H2,16,19). The molecule has 1 aromatic carbocycles. The van der Waals surface area contributed by atoms with Crippen molar-refractivity contribution in [1.82, 2.24) is 4.90 Å². The van der Waals surface area contributed by atoms with Gasteiger partial charge in [-0.15, -0.1) is 0 Å². The summed E-state index contributed by atoms with van der Waals surface area (Å²) in [6.45, 7) is 5.31. The second-order valence-corrected chi connectivity index (χ2v) is 5.14. The van der Waals surface area contributed by atoms with Crippen molar-refractivity contribution in [1.29, 1.82) is 0 Å². The maximum absolute atomic E-state index is 11.4. The largest absolute Gasteiger partial charge is 0.399 e. The van der Waals surface area contributed by atoms with Crippen LogP contribution in [0.15, 0.2) is 18.2 Å². The molecule has 1 atom stereocenters. The Morgan fingerprint density at radius 1 is 1.42 bits per heavy atom. The van der Waals surface area contributed by atoms with Gasteiger partial charge in [-0.25, -0.2) is 0 Å². The topological polar surface area (TPSA) is 84.4 Å². The molecule has 2 rings (SSSR count). The van der Waals surface area contributed by atoms with Crippen LogP contribution in [0.2, 0.25) is 0 Å². The molecule has 5 heteroatoms. The van der Waals surface area contributed by atoms with Gasteiger partial charge in [-0.1, -0.05) is 0 Å². The van der Waals surface area contributed by atoms with Crippen molar-refractivity contribution in [3.63, 3.8) is 0 Å². The number of benzene rings is 1. The summed E-state index contributed by atoms with van der Waals surface area (Å²) in [7, 11) is 0. The molecule has 1 saturated heterocycles. The van der Waals surface area contributed by atoms with Gasteiger partial charge in [0.15, 0.2) is 0 Å². The van der Waals surface area contributed by atoms with E-state index in [-0.39, 0.29) is 0 Å². The molecule has 0 bridgehead atoms. The van der Waals surface area contributed by atoms with Crippen molar-refractivity contribution < 1.29 is 4.79 Å². The lowest BCUT2D eigenvalue weighted by molar-refractivity contribution is 0.100. The Hall–Kier alpha value is -1.75. The Bertz CT molecular complexity index is 455. The molecule has 1 fully saturated rings. The maximum Gasteiger partial charge on any atom is 0.250 e. The first-order valence-electron chi connectivity index (χ1n) is 6.75. The Kier molecular flexibility index (Phi) is 4.27. The summed E-state index contributed by atoms with van der Waals surface area (Å²) in [6.07, 6.45) is 2.55. The highest BCUT2D eigenvalue weighted by molar-refractivity contribution is 5.99. The highest BCUT2D eigenvalue weighted by Crippen LogP contribution is 2.19. The molecular formula is C14H22N4O. The predicted octanol–water partition coefficient (Wildman–Crippen LogP) is 1.26. The molecule has 1 amide bonds. The Balaban J connectivity index is 2.00. The summed E-state index contributed by atoms with van der Waals surface area (Å²) in [4.78, 5) is 13.8. The van der Waals surface area contributed by atoms with E-state index in [1.807, 2.05) is 6.07 Å². The molecule has 1 aliphatic heterocycles. The second-order valence-electron chi connectivity index (χ2n) is 5.14. The number of anilines is 2. The fourth-order valence-corrected chi connectivity index (χ4v) is 2.49. The summed E-state index contributed by atoms with van der Waals surface area (Å²) in [6, 6.07) is 5.65. The SMILES string of the molecule is CC(CNc1ccc(N)cc1C(N)=O)N1CCCC1. The van der Waals surface area contributed by atoms with E-state index in [0.29, 0.717) is 17.3 Å². The number of primary amides is 1. The molecule has 0 radical (unpaired) electrons. The molecule has 1 unspecified atom stereocenters. The van der Waals surface area contributed by atoms with Crippen molar-refractivity contribution in [3.8, 4) is 0 Å². The summed E-state index contributed by atoms with van der Waals surface area (Å²) in [5.41, 5.74) is 12.8. The fraction of sp³-hybridized carbons (Fsp3) is 0.500. The molecule has 0 aromatic heterocycles. The first-order valence-corrected chi connectivity index (χ1v) is 6.75. The predicted molar refractivity (Wildman–Crippen MR) is 78.1 cm³/mol. The Labute approximate surface area is 113 Å². The van der Waals surface area contributed by atoms with Crippen LogP contribution in [0, 0.1) is 0 Å². The third kappa shape index (κ3) is 3.38. The van der Waals surface area contributed by atoms with E-state index < -0.39 is 5.91 Å². The van der Waals surface area contributed by atoms with Crippen molar-refractivity contribution >= 4 is 17.3 Å². The molecule has 19 heavy (non-hydrogen) atoms. The van der Waals surface area contributed by atoms with Gasteiger partial charge in [0.05, 0.1) is 5.56 Å². The molecule has 1 aromatic rings. The second kappa shape index (κ2) is 5.93. The van der Waals surface area contributed by atoms with Crippen LogP contribution >= 0.6 is 0 Å². The van der Waals surface area contributed by atoms with Crippen molar-refractivity contribution in [2.75, 3.05) is 30.7 Å². The monoisotopic (exact) mass is 262 g/mol. The molecule has 0 saturated carbocycles. The summed E-state index contributed by atoms with van der Waals surface area (Å²) in [5, 5.41) is 3.30. The van der Waals surface area contributed by atoms with Gasteiger partial charge in [0, 0.05) is 24.0 Å². The molecule has 0 aliphatic carbocycles. The average Bonchev–Trinajstić information content (AvgIpc) is 2.90. The minimum absolute atomic E-state index is 0.445. The summed E-state index contributed by atoms with van der Waals surface area (Å²) in [5.74, 6) is -0.455. The molecule has 1 heterocycles. The van der Waals surface area contributed by atoms with Gasteiger partial charge >= 0.3 is 0 Å². The number of nitrogens with two attached hydrogens (primary N) is 2. The highest BCUT2D eigenvalue weighted by Gasteiger charge is 2.18. The van der Waals surface area contributed by atoms with Gasteiger partial charge in [-0.3, -0.25) is 9.69 Å². The fourth-order valence-electron chi connectivity index (χ4n) is 2.49. The lowest BCUT2D eigenvalue weighted by Gasteiger charge is -2.24. The lowest BCUT2D eigenvalue weighted by atomic mass is 10.1. The number of nitrogens with zero attached hydrogens (tertiary/aromatic N) is 1. The highest BCUT2D eigenvalue weighted by atomic mass is 16.1. The van der Waals surface area contributed by atoms with Crippen LogP contribution in [0.25, 0.3) is 0 Å². The molecule has 5 N–H and O–H groups in total. The normalized spacial score (nSPS) is 17.3. The zero-order chi connectivity index (χ0) is 13.8. The number of rotatable bonds is 5. The smallest absolute Gasteiger partial charge is 0.250 e. The Morgan fingerprint density at radius 2 is 2.11 bits per heavy atom. The molecule has 0 spiro atoms. The van der Waals surface area contributed by atoms with Gasteiger partial charge < -0.3 is 16.8 Å². The van der Waals surface area contributed by atoms with Crippen molar-refractivity contribution in [2.45, 2.75) is 25.8 Å². The number of nitrogens with one attached hydrogen (secondary N) is 1. The van der Waals surface area contributed by atoms with Crippen LogP contribution in [0.4, 0.5) is 11.4 Å². The minimum atomic E-state index is -0.455. The van der Waals surface area contributed by atoms with E-state index in [1.54, 1.807) is 12.1 Å². The van der Waals surface area contributed by atoms with Gasteiger partial charge in [0.25, 0.3) is 5.91 Å². The number of likely N-dealkylation sites (tertiary alicyclic amines) is 1. The number of nitrogen functional groups attached to an aromatic ring is 1. The minimum Gasteiger partial charge on any atom is -0.399 e. The van der Waals surface area contributed by atoms with Crippen LogP contribution in [-0.2, 0) is 0 Å². The lowest BCUT2D eigenvalue weighted by Crippen LogP contribution is -2.35. The van der Waals surface area contributed by atoms with Gasteiger partial charge in [-0.2, -0.15) is 0 Å². The number of hydrogen-bond donors (Lipinski definition) is 3. The molecule has 1 aliphatic rings. The van der Waals surface area contributed by atoms with E-state index in [4.69, 9.17) is 11.5 Å². The first-order chi connectivity index (χ1) is 9.08. The van der Waals surface area contributed by atoms with Crippen molar-refractivity contribution in [3.05, 3.63) is 23.8 Å². The summed E-state index contributed by atoms with van der Waals surface area (Å²) >= 11 is 0. The van der Waals surface area contributed by atoms with Gasteiger partial charge in [0.1, 0.15) is 0 Å². The average molecular weight is 262 g/mol. The van der Waals surface area contributed by atoms with E-state index in [1.165, 1.54) is 12.8 Å². The van der Waals surface area contributed by atoms with Crippen LogP contribution in [0.3, 0.4) is 0 Å². The van der Waals surface area contributed by atoms with Crippen LogP contribution in [0.5, 0.6) is 0 Å². The van der Waals surface area contributed by atoms with E-state index in [0.717, 1.165) is 25.3 Å². The van der Waals surface area contributed by atoms with Crippen LogP contribution in [0.1, 0.15) is 30.1 Å². The van der Waals surface area contributed by atoms with Gasteiger partial charge in [0.2, 0.25) is 0 Å².